The van der Waals surface area contributed by atoms with Gasteiger partial charge in [-0.05, 0) is 38.9 Å². The van der Waals surface area contributed by atoms with Crippen LogP contribution in [0.25, 0.3) is 0 Å². The first-order chi connectivity index (χ1) is 8.65. The monoisotopic (exact) mass is 250 g/mol. The van der Waals surface area contributed by atoms with Crippen molar-refractivity contribution in [3.8, 4) is 5.75 Å². The second kappa shape index (κ2) is 7.71. The Kier molecular flexibility index (Phi) is 6.22. The summed E-state index contributed by atoms with van der Waals surface area (Å²) in [5, 5.41) is 0. The van der Waals surface area contributed by atoms with Crippen LogP contribution in [-0.2, 0) is 4.79 Å². The van der Waals surface area contributed by atoms with Gasteiger partial charge in [0.1, 0.15) is 5.75 Å². The molecule has 4 nitrogen and oxygen atoms in total. The van der Waals surface area contributed by atoms with Gasteiger partial charge in [0.2, 0.25) is 0 Å². The summed E-state index contributed by atoms with van der Waals surface area (Å²) in [5.41, 5.74) is 5.47. The van der Waals surface area contributed by atoms with E-state index in [-0.39, 0.29) is 18.6 Å². The number of ether oxygens (including phenoxy) is 1. The predicted octanol–water partition coefficient (Wildman–Crippen LogP) is 1.65. The van der Waals surface area contributed by atoms with Crippen molar-refractivity contribution in [2.24, 2.45) is 5.73 Å². The number of para-hydroxylation sites is 1. The molecule has 0 aliphatic rings. The fourth-order valence-electron chi connectivity index (χ4n) is 1.68. The van der Waals surface area contributed by atoms with Crippen molar-refractivity contribution in [3.63, 3.8) is 0 Å². The van der Waals surface area contributed by atoms with E-state index in [1.54, 1.807) is 4.90 Å². The van der Waals surface area contributed by atoms with Gasteiger partial charge in [-0.25, -0.2) is 0 Å². The Morgan fingerprint density at radius 2 is 2.00 bits per heavy atom. The fraction of sp³-hybridized carbons (Fsp3) is 0.500. The summed E-state index contributed by atoms with van der Waals surface area (Å²) in [5.74, 6) is 0.718. The minimum atomic E-state index is 0.00213. The molecule has 1 aromatic rings. The zero-order valence-electron chi connectivity index (χ0n) is 11.1. The van der Waals surface area contributed by atoms with Gasteiger partial charge < -0.3 is 15.4 Å². The minimum absolute atomic E-state index is 0.00213. The van der Waals surface area contributed by atoms with Gasteiger partial charge in [-0.15, -0.1) is 0 Å². The van der Waals surface area contributed by atoms with Gasteiger partial charge in [0.05, 0.1) is 0 Å². The lowest BCUT2D eigenvalue weighted by atomic mass is 10.2. The SMILES string of the molecule is CC(C)N(CCCN)C(=O)COc1ccccc1. The second-order valence-electron chi connectivity index (χ2n) is 4.42. The van der Waals surface area contributed by atoms with Crippen LogP contribution in [0.3, 0.4) is 0 Å². The van der Waals surface area contributed by atoms with Crippen LogP contribution in [0.2, 0.25) is 0 Å². The quantitative estimate of drug-likeness (QED) is 0.800. The zero-order chi connectivity index (χ0) is 13.4. The number of nitrogens with two attached hydrogens (primary N) is 1. The van der Waals surface area contributed by atoms with Crippen LogP contribution in [0.1, 0.15) is 20.3 Å². The maximum atomic E-state index is 12.0. The van der Waals surface area contributed by atoms with Crippen molar-refractivity contribution in [2.75, 3.05) is 19.7 Å². The Labute approximate surface area is 109 Å². The first kappa shape index (κ1) is 14.5. The Morgan fingerprint density at radius 3 is 2.56 bits per heavy atom. The number of benzene rings is 1. The third-order valence-corrected chi connectivity index (χ3v) is 2.65. The topological polar surface area (TPSA) is 55.6 Å². The summed E-state index contributed by atoms with van der Waals surface area (Å²) in [6, 6.07) is 9.53. The van der Waals surface area contributed by atoms with Gasteiger partial charge in [0.25, 0.3) is 5.91 Å². The lowest BCUT2D eigenvalue weighted by Crippen LogP contribution is -2.41. The van der Waals surface area contributed by atoms with E-state index in [1.165, 1.54) is 0 Å². The van der Waals surface area contributed by atoms with E-state index >= 15 is 0 Å². The molecule has 2 N–H and O–H groups in total. The summed E-state index contributed by atoms with van der Waals surface area (Å²) in [6.45, 7) is 5.35. The van der Waals surface area contributed by atoms with E-state index in [2.05, 4.69) is 0 Å². The molecule has 4 heteroatoms. The van der Waals surface area contributed by atoms with Crippen LogP contribution < -0.4 is 10.5 Å². The first-order valence-corrected chi connectivity index (χ1v) is 6.32. The van der Waals surface area contributed by atoms with Crippen molar-refractivity contribution >= 4 is 5.91 Å². The molecule has 0 radical (unpaired) electrons. The molecule has 18 heavy (non-hydrogen) atoms. The molecule has 0 aromatic heterocycles. The molecule has 1 aromatic carbocycles. The Bertz CT molecular complexity index is 352. The smallest absolute Gasteiger partial charge is 0.260 e. The Morgan fingerprint density at radius 1 is 1.33 bits per heavy atom. The number of amides is 1. The van der Waals surface area contributed by atoms with Crippen LogP contribution in [0.5, 0.6) is 5.75 Å². The third kappa shape index (κ3) is 4.75. The summed E-state index contributed by atoms with van der Waals surface area (Å²) < 4.78 is 5.46. The molecule has 0 atom stereocenters. The molecule has 0 saturated heterocycles. The number of nitrogens with zero attached hydrogens (tertiary/aromatic N) is 1. The van der Waals surface area contributed by atoms with E-state index in [4.69, 9.17) is 10.5 Å². The number of rotatable bonds is 7. The highest BCUT2D eigenvalue weighted by Gasteiger charge is 2.16. The van der Waals surface area contributed by atoms with Gasteiger partial charge in [-0.3, -0.25) is 4.79 Å². The highest BCUT2D eigenvalue weighted by Crippen LogP contribution is 2.09. The molecule has 0 fully saturated rings. The standard InChI is InChI=1S/C14H22N2O2/c1-12(2)16(10-6-9-15)14(17)11-18-13-7-4-3-5-8-13/h3-5,7-8,12H,6,9-11,15H2,1-2H3. The van der Waals surface area contributed by atoms with Crippen LogP contribution in [-0.4, -0.2) is 36.5 Å². The molecule has 0 heterocycles. The van der Waals surface area contributed by atoms with Crippen molar-refractivity contribution in [2.45, 2.75) is 26.3 Å². The lowest BCUT2D eigenvalue weighted by molar-refractivity contribution is -0.135. The van der Waals surface area contributed by atoms with Gasteiger partial charge in [0.15, 0.2) is 6.61 Å². The van der Waals surface area contributed by atoms with E-state index in [9.17, 15) is 4.79 Å². The minimum Gasteiger partial charge on any atom is -0.484 e. The van der Waals surface area contributed by atoms with Crippen molar-refractivity contribution < 1.29 is 9.53 Å². The van der Waals surface area contributed by atoms with Crippen LogP contribution in [0.15, 0.2) is 30.3 Å². The number of hydrogen-bond acceptors (Lipinski definition) is 3. The number of hydrogen-bond donors (Lipinski definition) is 1. The van der Waals surface area contributed by atoms with Gasteiger partial charge >= 0.3 is 0 Å². The number of carbonyl (C=O) groups excluding carboxylic acids is 1. The molecular formula is C14H22N2O2. The summed E-state index contributed by atoms with van der Waals surface area (Å²) in [7, 11) is 0. The summed E-state index contributed by atoms with van der Waals surface area (Å²) >= 11 is 0. The highest BCUT2D eigenvalue weighted by molar-refractivity contribution is 5.78. The molecule has 0 aliphatic carbocycles. The van der Waals surface area contributed by atoms with Gasteiger partial charge in [0, 0.05) is 12.6 Å². The average Bonchev–Trinajstić information content (AvgIpc) is 2.37. The predicted molar refractivity (Wildman–Crippen MR) is 72.5 cm³/mol. The fourth-order valence-corrected chi connectivity index (χ4v) is 1.68. The normalized spacial score (nSPS) is 10.4. The van der Waals surface area contributed by atoms with Crippen LogP contribution in [0, 0.1) is 0 Å². The van der Waals surface area contributed by atoms with Gasteiger partial charge in [-0.1, -0.05) is 18.2 Å². The summed E-state index contributed by atoms with van der Waals surface area (Å²) in [6.07, 6.45) is 0.815. The van der Waals surface area contributed by atoms with E-state index in [0.717, 1.165) is 6.42 Å². The van der Waals surface area contributed by atoms with Crippen LogP contribution >= 0.6 is 0 Å². The van der Waals surface area contributed by atoms with Crippen molar-refractivity contribution in [3.05, 3.63) is 30.3 Å². The first-order valence-electron chi connectivity index (χ1n) is 6.32. The maximum Gasteiger partial charge on any atom is 0.260 e. The molecule has 1 amide bonds. The molecule has 100 valence electrons. The molecule has 0 unspecified atom stereocenters. The van der Waals surface area contributed by atoms with Crippen molar-refractivity contribution in [1.29, 1.82) is 0 Å². The molecule has 1 rings (SSSR count). The second-order valence-corrected chi connectivity index (χ2v) is 4.42. The Balaban J connectivity index is 2.46. The van der Waals surface area contributed by atoms with Gasteiger partial charge in [-0.2, -0.15) is 0 Å². The maximum absolute atomic E-state index is 12.0. The zero-order valence-corrected chi connectivity index (χ0v) is 11.1. The molecular weight excluding hydrogens is 228 g/mol. The van der Waals surface area contributed by atoms with E-state index in [1.807, 2.05) is 44.2 Å². The Hall–Kier alpha value is -1.55. The van der Waals surface area contributed by atoms with E-state index in [0.29, 0.717) is 18.8 Å². The average molecular weight is 250 g/mol. The largest absolute Gasteiger partial charge is 0.484 e. The van der Waals surface area contributed by atoms with Crippen molar-refractivity contribution in [1.82, 2.24) is 4.90 Å². The molecule has 0 aliphatic heterocycles. The van der Waals surface area contributed by atoms with E-state index < -0.39 is 0 Å². The highest BCUT2D eigenvalue weighted by atomic mass is 16.5. The molecule has 0 bridgehead atoms. The molecule has 0 spiro atoms. The van der Waals surface area contributed by atoms with Crippen LogP contribution in [0.4, 0.5) is 0 Å². The number of carbonyl (C=O) groups is 1. The third-order valence-electron chi connectivity index (χ3n) is 2.65. The lowest BCUT2D eigenvalue weighted by Gasteiger charge is -2.26. The molecule has 0 saturated carbocycles. The summed E-state index contributed by atoms with van der Waals surface area (Å²) in [4.78, 5) is 13.8.